The zero-order valence-corrected chi connectivity index (χ0v) is 13.7. The third-order valence-corrected chi connectivity index (χ3v) is 4.39. The molecule has 0 radical (unpaired) electrons. The van der Waals surface area contributed by atoms with Crippen LogP contribution in [0.5, 0.6) is 0 Å². The molecule has 3 nitrogen and oxygen atoms in total. The average Bonchev–Trinajstić information content (AvgIpc) is 2.98. The number of aromatic nitrogens is 2. The molecule has 0 saturated carbocycles. The number of rotatable bonds is 12. The molecule has 1 rings (SSSR count). The minimum absolute atomic E-state index is 0.153. The van der Waals surface area contributed by atoms with E-state index in [0.717, 1.165) is 5.69 Å². The molecule has 20 heavy (non-hydrogen) atoms. The lowest BCUT2D eigenvalue weighted by atomic mass is 9.77. The highest BCUT2D eigenvalue weighted by atomic mass is 16.6. The van der Waals surface area contributed by atoms with Crippen LogP contribution < -0.4 is 0 Å². The summed E-state index contributed by atoms with van der Waals surface area (Å²) in [4.78, 5) is 0. The molecule has 0 aliphatic rings. The summed E-state index contributed by atoms with van der Waals surface area (Å²) in [7, 11) is 0. The molecule has 0 fully saturated rings. The normalized spacial score (nSPS) is 14.3. The molecule has 1 aromatic heterocycles. The van der Waals surface area contributed by atoms with Crippen LogP contribution in [0, 0.1) is 0 Å². The van der Waals surface area contributed by atoms with Crippen LogP contribution >= 0.6 is 0 Å². The summed E-state index contributed by atoms with van der Waals surface area (Å²) in [6.45, 7) is 6.85. The Balaban J connectivity index is 2.43. The summed E-state index contributed by atoms with van der Waals surface area (Å²) in [5.74, 6) is 0. The highest BCUT2D eigenvalue weighted by Crippen LogP contribution is 2.34. The van der Waals surface area contributed by atoms with Gasteiger partial charge < -0.3 is 0 Å². The second kappa shape index (κ2) is 9.95. The fraction of sp³-hybridized carbons (Fsp3) is 0.882. The van der Waals surface area contributed by atoms with E-state index in [1.54, 1.807) is 0 Å². The van der Waals surface area contributed by atoms with E-state index in [1.807, 2.05) is 6.20 Å². The lowest BCUT2D eigenvalue weighted by Crippen LogP contribution is -2.22. The second-order valence-electron chi connectivity index (χ2n) is 6.33. The van der Waals surface area contributed by atoms with Crippen LogP contribution in [0.1, 0.15) is 97.1 Å². The maximum Gasteiger partial charge on any atom is 0.111 e. The molecule has 0 aliphatic heterocycles. The molecular formula is C17H32N2O. The largest absolute Gasteiger partial charge is 0.244 e. The SMILES string of the molecule is CCCCCCCC(C)(CCCCCC)c1cnon1. The number of nitrogens with zero attached hydrogens (tertiary/aromatic N) is 2. The Morgan fingerprint density at radius 3 is 1.95 bits per heavy atom. The molecule has 1 aromatic rings. The van der Waals surface area contributed by atoms with E-state index in [0.29, 0.717) is 0 Å². The van der Waals surface area contributed by atoms with Crippen molar-refractivity contribution in [3.63, 3.8) is 0 Å². The van der Waals surface area contributed by atoms with Crippen molar-refractivity contribution in [2.24, 2.45) is 0 Å². The van der Waals surface area contributed by atoms with Crippen LogP contribution in [0.2, 0.25) is 0 Å². The molecule has 0 saturated heterocycles. The Bertz CT molecular complexity index is 324. The Morgan fingerprint density at radius 1 is 0.900 bits per heavy atom. The third-order valence-electron chi connectivity index (χ3n) is 4.39. The van der Waals surface area contributed by atoms with Crippen molar-refractivity contribution >= 4 is 0 Å². The second-order valence-corrected chi connectivity index (χ2v) is 6.33. The van der Waals surface area contributed by atoms with Crippen LogP contribution in [0.15, 0.2) is 10.8 Å². The molecule has 0 amide bonds. The maximum atomic E-state index is 4.83. The molecule has 1 unspecified atom stereocenters. The Kier molecular flexibility index (Phi) is 8.56. The quantitative estimate of drug-likeness (QED) is 0.464. The minimum atomic E-state index is 0.153. The lowest BCUT2D eigenvalue weighted by molar-refractivity contribution is 0.281. The van der Waals surface area contributed by atoms with Gasteiger partial charge in [0.15, 0.2) is 0 Å². The van der Waals surface area contributed by atoms with E-state index in [1.165, 1.54) is 70.6 Å². The third kappa shape index (κ3) is 6.06. The van der Waals surface area contributed by atoms with Gasteiger partial charge >= 0.3 is 0 Å². The molecule has 0 aliphatic carbocycles. The number of hydrogen-bond donors (Lipinski definition) is 0. The first-order valence-corrected chi connectivity index (χ1v) is 8.51. The zero-order valence-electron chi connectivity index (χ0n) is 13.7. The summed E-state index contributed by atoms with van der Waals surface area (Å²) in [5.41, 5.74) is 1.20. The summed E-state index contributed by atoms with van der Waals surface area (Å²) in [6, 6.07) is 0. The first-order chi connectivity index (χ1) is 9.73. The number of unbranched alkanes of at least 4 members (excludes halogenated alkanes) is 7. The van der Waals surface area contributed by atoms with Gasteiger partial charge in [0.1, 0.15) is 5.69 Å². The van der Waals surface area contributed by atoms with Gasteiger partial charge in [-0.05, 0) is 12.8 Å². The van der Waals surface area contributed by atoms with Gasteiger partial charge in [-0.3, -0.25) is 0 Å². The summed E-state index contributed by atoms with van der Waals surface area (Å²) >= 11 is 0. The van der Waals surface area contributed by atoms with Gasteiger partial charge in [-0.1, -0.05) is 88.9 Å². The van der Waals surface area contributed by atoms with Gasteiger partial charge in [-0.25, -0.2) is 4.63 Å². The van der Waals surface area contributed by atoms with Crippen LogP contribution in [0.25, 0.3) is 0 Å². The minimum Gasteiger partial charge on any atom is -0.244 e. The van der Waals surface area contributed by atoms with Crippen molar-refractivity contribution in [3.8, 4) is 0 Å². The fourth-order valence-corrected chi connectivity index (χ4v) is 2.87. The van der Waals surface area contributed by atoms with Gasteiger partial charge in [0.2, 0.25) is 0 Å². The van der Waals surface area contributed by atoms with Gasteiger partial charge in [0.25, 0.3) is 0 Å². The Labute approximate surface area is 124 Å². The van der Waals surface area contributed by atoms with Crippen LogP contribution in [0.3, 0.4) is 0 Å². The summed E-state index contributed by atoms with van der Waals surface area (Å²) in [6.07, 6.45) is 16.1. The predicted molar refractivity (Wildman–Crippen MR) is 83.8 cm³/mol. The first kappa shape index (κ1) is 17.2. The van der Waals surface area contributed by atoms with E-state index in [2.05, 4.69) is 31.1 Å². The van der Waals surface area contributed by atoms with Crippen molar-refractivity contribution in [2.75, 3.05) is 0 Å². The highest BCUT2D eigenvalue weighted by Gasteiger charge is 2.29. The maximum absolute atomic E-state index is 4.83. The molecule has 3 heteroatoms. The van der Waals surface area contributed by atoms with E-state index < -0.39 is 0 Å². The summed E-state index contributed by atoms with van der Waals surface area (Å²) < 4.78 is 4.83. The molecule has 0 spiro atoms. The molecule has 0 aromatic carbocycles. The zero-order chi connectivity index (χ0) is 14.7. The van der Waals surface area contributed by atoms with Crippen molar-refractivity contribution in [1.29, 1.82) is 0 Å². The molecule has 0 N–H and O–H groups in total. The van der Waals surface area contributed by atoms with Crippen molar-refractivity contribution in [3.05, 3.63) is 11.9 Å². The number of hydrogen-bond acceptors (Lipinski definition) is 3. The van der Waals surface area contributed by atoms with Crippen LogP contribution in [0.4, 0.5) is 0 Å². The smallest absolute Gasteiger partial charge is 0.111 e. The molecular weight excluding hydrogens is 248 g/mol. The molecule has 1 heterocycles. The van der Waals surface area contributed by atoms with E-state index in [9.17, 15) is 0 Å². The predicted octanol–water partition coefficient (Wildman–Crippen LogP) is 5.66. The average molecular weight is 280 g/mol. The van der Waals surface area contributed by atoms with Gasteiger partial charge in [0, 0.05) is 5.41 Å². The Morgan fingerprint density at radius 2 is 1.45 bits per heavy atom. The van der Waals surface area contributed by atoms with Crippen LogP contribution in [-0.4, -0.2) is 10.3 Å². The monoisotopic (exact) mass is 280 g/mol. The Hall–Kier alpha value is -0.860. The van der Waals surface area contributed by atoms with Gasteiger partial charge in [-0.2, -0.15) is 0 Å². The van der Waals surface area contributed by atoms with E-state index in [-0.39, 0.29) is 5.41 Å². The fourth-order valence-electron chi connectivity index (χ4n) is 2.87. The summed E-state index contributed by atoms with van der Waals surface area (Å²) in [5, 5.41) is 7.92. The topological polar surface area (TPSA) is 38.9 Å². The van der Waals surface area contributed by atoms with Crippen molar-refractivity contribution in [2.45, 2.75) is 96.8 Å². The van der Waals surface area contributed by atoms with Crippen molar-refractivity contribution in [1.82, 2.24) is 10.3 Å². The van der Waals surface area contributed by atoms with Crippen molar-refractivity contribution < 1.29 is 4.63 Å². The van der Waals surface area contributed by atoms with Gasteiger partial charge in [-0.15, -0.1) is 0 Å². The molecule has 1 atom stereocenters. The van der Waals surface area contributed by atoms with E-state index in [4.69, 9.17) is 4.63 Å². The highest BCUT2D eigenvalue weighted by molar-refractivity contribution is 5.09. The molecule has 116 valence electrons. The van der Waals surface area contributed by atoms with E-state index >= 15 is 0 Å². The van der Waals surface area contributed by atoms with Gasteiger partial charge in [0.05, 0.1) is 6.20 Å². The van der Waals surface area contributed by atoms with Crippen LogP contribution in [-0.2, 0) is 5.41 Å². The first-order valence-electron chi connectivity index (χ1n) is 8.51. The lowest BCUT2D eigenvalue weighted by Gasteiger charge is -2.27. The standard InChI is InChI=1S/C17H32N2O/c1-4-6-8-10-12-14-17(3,13-11-9-7-5-2)16-15-18-20-19-16/h15H,4-14H2,1-3H3. The molecule has 0 bridgehead atoms.